The molecule has 0 saturated carbocycles. The van der Waals surface area contributed by atoms with Gasteiger partial charge >= 0.3 is 0 Å². The molecule has 1 aromatic rings. The summed E-state index contributed by atoms with van der Waals surface area (Å²) in [6.45, 7) is 2.83. The number of carbonyl (C=O) groups excluding carboxylic acids is 1. The zero-order chi connectivity index (χ0) is 14.0. The summed E-state index contributed by atoms with van der Waals surface area (Å²) in [4.78, 5) is 24.6. The topological polar surface area (TPSA) is 63.5 Å². The fourth-order valence-corrected chi connectivity index (χ4v) is 2.64. The lowest BCUT2D eigenvalue weighted by molar-refractivity contribution is -0.385. The predicted octanol–water partition coefficient (Wildman–Crippen LogP) is 2.60. The molecule has 5 nitrogen and oxygen atoms in total. The summed E-state index contributed by atoms with van der Waals surface area (Å²) in [6.07, 6.45) is 0.856. The molecule has 1 aromatic carbocycles. The molecule has 0 aromatic heterocycles. The van der Waals surface area contributed by atoms with E-state index in [0.29, 0.717) is 24.5 Å². The molecule has 19 heavy (non-hydrogen) atoms. The number of rotatable bonds is 3. The molecule has 0 spiro atoms. The number of aryl methyl sites for hydroxylation is 1. The number of halogens is 1. The standard InChI is InChI=1S/C13H15ClN2O3/c1-9-3-2-4-11(12(9)16(18)19)13(17)15-6-5-10(7-14)8-15/h2-4,10H,5-8H2,1H3. The Kier molecular flexibility index (Phi) is 4.04. The largest absolute Gasteiger partial charge is 0.338 e. The van der Waals surface area contributed by atoms with Crippen molar-refractivity contribution >= 4 is 23.2 Å². The van der Waals surface area contributed by atoms with Crippen molar-refractivity contribution < 1.29 is 9.72 Å². The molecule has 1 atom stereocenters. The van der Waals surface area contributed by atoms with Crippen molar-refractivity contribution in [3.05, 3.63) is 39.4 Å². The van der Waals surface area contributed by atoms with Crippen molar-refractivity contribution in [2.24, 2.45) is 5.92 Å². The average molecular weight is 283 g/mol. The number of nitro benzene ring substituents is 1. The Morgan fingerprint density at radius 1 is 1.58 bits per heavy atom. The van der Waals surface area contributed by atoms with Gasteiger partial charge in [-0.15, -0.1) is 11.6 Å². The van der Waals surface area contributed by atoms with Crippen LogP contribution >= 0.6 is 11.6 Å². The maximum Gasteiger partial charge on any atom is 0.285 e. The summed E-state index contributed by atoms with van der Waals surface area (Å²) in [7, 11) is 0. The highest BCUT2D eigenvalue weighted by Crippen LogP contribution is 2.27. The highest BCUT2D eigenvalue weighted by atomic mass is 35.5. The highest BCUT2D eigenvalue weighted by Gasteiger charge is 2.30. The lowest BCUT2D eigenvalue weighted by Gasteiger charge is -2.16. The minimum Gasteiger partial charge on any atom is -0.338 e. The Hall–Kier alpha value is -1.62. The zero-order valence-electron chi connectivity index (χ0n) is 10.6. The molecular weight excluding hydrogens is 268 g/mol. The van der Waals surface area contributed by atoms with Crippen LogP contribution < -0.4 is 0 Å². The van der Waals surface area contributed by atoms with E-state index in [1.54, 1.807) is 24.0 Å². The van der Waals surface area contributed by atoms with E-state index in [9.17, 15) is 14.9 Å². The second-order valence-corrected chi connectivity index (χ2v) is 5.10. The summed E-state index contributed by atoms with van der Waals surface area (Å²) >= 11 is 5.78. The summed E-state index contributed by atoms with van der Waals surface area (Å²) in [6, 6.07) is 4.83. The number of nitro groups is 1. The van der Waals surface area contributed by atoms with Crippen LogP contribution in [0.1, 0.15) is 22.3 Å². The van der Waals surface area contributed by atoms with Crippen molar-refractivity contribution in [1.82, 2.24) is 4.90 Å². The molecule has 0 aliphatic carbocycles. The van der Waals surface area contributed by atoms with Crippen molar-refractivity contribution in [2.75, 3.05) is 19.0 Å². The quantitative estimate of drug-likeness (QED) is 0.486. The molecule has 1 aliphatic heterocycles. The van der Waals surface area contributed by atoms with Gasteiger partial charge in [-0.25, -0.2) is 0 Å². The van der Waals surface area contributed by atoms with Gasteiger partial charge in [-0.1, -0.05) is 12.1 Å². The van der Waals surface area contributed by atoms with Gasteiger partial charge in [0.05, 0.1) is 4.92 Å². The predicted molar refractivity (Wildman–Crippen MR) is 72.6 cm³/mol. The molecule has 0 N–H and O–H groups in total. The zero-order valence-corrected chi connectivity index (χ0v) is 11.4. The molecule has 0 bridgehead atoms. The third kappa shape index (κ3) is 2.71. The Morgan fingerprint density at radius 3 is 2.89 bits per heavy atom. The van der Waals surface area contributed by atoms with E-state index in [1.165, 1.54) is 6.07 Å². The highest BCUT2D eigenvalue weighted by molar-refractivity contribution is 6.18. The molecular formula is C13H15ClN2O3. The number of amides is 1. The van der Waals surface area contributed by atoms with Gasteiger partial charge in [0.15, 0.2) is 0 Å². The van der Waals surface area contributed by atoms with Crippen LogP contribution in [0.15, 0.2) is 18.2 Å². The lowest BCUT2D eigenvalue weighted by Crippen LogP contribution is -2.29. The number of para-hydroxylation sites is 1. The fraction of sp³-hybridized carbons (Fsp3) is 0.462. The van der Waals surface area contributed by atoms with Crippen LogP contribution in [-0.2, 0) is 0 Å². The number of hydrogen-bond acceptors (Lipinski definition) is 3. The number of carbonyl (C=O) groups is 1. The second kappa shape index (κ2) is 5.57. The maximum atomic E-state index is 12.4. The van der Waals surface area contributed by atoms with Crippen LogP contribution in [0.3, 0.4) is 0 Å². The van der Waals surface area contributed by atoms with Crippen LogP contribution in [0.25, 0.3) is 0 Å². The van der Waals surface area contributed by atoms with Crippen molar-refractivity contribution in [3.63, 3.8) is 0 Å². The van der Waals surface area contributed by atoms with Gasteiger partial charge in [-0.2, -0.15) is 0 Å². The minimum atomic E-state index is -0.488. The monoisotopic (exact) mass is 282 g/mol. The first-order chi connectivity index (χ1) is 9.04. The van der Waals surface area contributed by atoms with Gasteiger partial charge in [-0.3, -0.25) is 14.9 Å². The third-order valence-corrected chi connectivity index (χ3v) is 3.88. The molecule has 1 aliphatic rings. The van der Waals surface area contributed by atoms with E-state index < -0.39 is 4.92 Å². The number of nitrogens with zero attached hydrogens (tertiary/aromatic N) is 2. The van der Waals surface area contributed by atoms with E-state index in [-0.39, 0.29) is 23.1 Å². The normalized spacial score (nSPS) is 18.6. The number of alkyl halides is 1. The van der Waals surface area contributed by atoms with Crippen LogP contribution in [0.2, 0.25) is 0 Å². The molecule has 1 unspecified atom stereocenters. The molecule has 0 radical (unpaired) electrons. The van der Waals surface area contributed by atoms with E-state index in [0.717, 1.165) is 6.42 Å². The molecule has 1 fully saturated rings. The Morgan fingerprint density at radius 2 is 2.32 bits per heavy atom. The summed E-state index contributed by atoms with van der Waals surface area (Å²) < 4.78 is 0. The Labute approximate surface area is 116 Å². The van der Waals surface area contributed by atoms with E-state index >= 15 is 0 Å². The molecule has 1 amide bonds. The minimum absolute atomic E-state index is 0.0955. The summed E-state index contributed by atoms with van der Waals surface area (Å²) in [5.74, 6) is 0.525. The van der Waals surface area contributed by atoms with E-state index in [2.05, 4.69) is 0 Å². The number of hydrogen-bond donors (Lipinski definition) is 0. The van der Waals surface area contributed by atoms with E-state index in [1.807, 2.05) is 0 Å². The summed E-state index contributed by atoms with van der Waals surface area (Å²) in [5, 5.41) is 11.1. The first kappa shape index (κ1) is 13.8. The molecule has 102 valence electrons. The third-order valence-electron chi connectivity index (χ3n) is 3.44. The fourth-order valence-electron chi connectivity index (χ4n) is 2.39. The van der Waals surface area contributed by atoms with Gasteiger partial charge in [-0.05, 0) is 25.3 Å². The average Bonchev–Trinajstić information content (AvgIpc) is 2.85. The summed E-state index contributed by atoms with van der Waals surface area (Å²) in [5.41, 5.74) is 0.575. The lowest BCUT2D eigenvalue weighted by atomic mass is 10.1. The maximum absolute atomic E-state index is 12.4. The van der Waals surface area contributed by atoms with Crippen LogP contribution in [0.4, 0.5) is 5.69 Å². The van der Waals surface area contributed by atoms with Gasteiger partial charge in [0.2, 0.25) is 0 Å². The Bertz CT molecular complexity index is 519. The Balaban J connectivity index is 2.30. The molecule has 1 saturated heterocycles. The van der Waals surface area contributed by atoms with Gasteiger partial charge in [0, 0.05) is 24.5 Å². The van der Waals surface area contributed by atoms with Crippen LogP contribution in [-0.4, -0.2) is 34.7 Å². The number of likely N-dealkylation sites (tertiary alicyclic amines) is 1. The van der Waals surface area contributed by atoms with Crippen molar-refractivity contribution in [3.8, 4) is 0 Å². The SMILES string of the molecule is Cc1cccc(C(=O)N2CCC(CCl)C2)c1[N+](=O)[O-]. The molecule has 6 heteroatoms. The second-order valence-electron chi connectivity index (χ2n) is 4.79. The van der Waals surface area contributed by atoms with Gasteiger partial charge in [0.25, 0.3) is 11.6 Å². The van der Waals surface area contributed by atoms with Crippen LogP contribution in [0, 0.1) is 23.0 Å². The smallest absolute Gasteiger partial charge is 0.285 e. The van der Waals surface area contributed by atoms with Gasteiger partial charge in [0.1, 0.15) is 5.56 Å². The first-order valence-corrected chi connectivity index (χ1v) is 6.67. The van der Waals surface area contributed by atoms with Crippen molar-refractivity contribution in [1.29, 1.82) is 0 Å². The van der Waals surface area contributed by atoms with E-state index in [4.69, 9.17) is 11.6 Å². The molecule has 1 heterocycles. The van der Waals surface area contributed by atoms with Crippen molar-refractivity contribution in [2.45, 2.75) is 13.3 Å². The number of benzene rings is 1. The van der Waals surface area contributed by atoms with Gasteiger partial charge < -0.3 is 4.90 Å². The first-order valence-electron chi connectivity index (χ1n) is 6.13. The molecule has 2 rings (SSSR count). The van der Waals surface area contributed by atoms with Crippen LogP contribution in [0.5, 0.6) is 0 Å².